The van der Waals surface area contributed by atoms with Gasteiger partial charge in [-0.2, -0.15) is 0 Å². The number of rotatable bonds is 9. The number of hydrogen-bond donors (Lipinski definition) is 0. The Labute approximate surface area is 228 Å². The fourth-order valence-corrected chi connectivity index (χ4v) is 10.2. The maximum Gasteiger partial charge on any atom is 0.159 e. The van der Waals surface area contributed by atoms with Crippen molar-refractivity contribution in [3.8, 4) is 0 Å². The molecule has 0 heterocycles. The first-order valence-electron chi connectivity index (χ1n) is 17.1. The van der Waals surface area contributed by atoms with Crippen LogP contribution in [-0.2, 0) is 9.59 Å². The SMILES string of the molecule is CCCCCCCC1CCC(C2CCC3(CC2)C(=O)C2(CCC(C4CCC(CC)CC4)CC2)C3=O)CC1. The molecule has 5 aliphatic carbocycles. The van der Waals surface area contributed by atoms with E-state index in [1.165, 1.54) is 96.3 Å². The Hall–Kier alpha value is -0.660. The topological polar surface area (TPSA) is 34.1 Å². The first-order valence-corrected chi connectivity index (χ1v) is 17.1. The third kappa shape index (κ3) is 5.52. The van der Waals surface area contributed by atoms with Crippen LogP contribution in [0.15, 0.2) is 0 Å². The third-order valence-corrected chi connectivity index (χ3v) is 12.9. The highest BCUT2D eigenvalue weighted by molar-refractivity contribution is 6.30. The van der Waals surface area contributed by atoms with Gasteiger partial charge in [-0.05, 0) is 113 Å². The van der Waals surface area contributed by atoms with E-state index in [1.807, 2.05) is 0 Å². The van der Waals surface area contributed by atoms with Crippen LogP contribution in [0, 0.1) is 46.3 Å². The normalized spacial score (nSPS) is 42.8. The first-order chi connectivity index (χ1) is 18.0. The minimum absolute atomic E-state index is 0.406. The number of carbonyl (C=O) groups excluding carboxylic acids is 2. The standard InChI is InChI=1S/C35H58O2/c1-3-5-6-7-8-9-27-12-16-29(17-13-27)31-20-24-35(25-21-31)32(36)34(33(35)37)22-18-30(19-23-34)28-14-10-26(4-2)11-15-28/h26-31H,3-25H2,1-2H3. The maximum absolute atomic E-state index is 13.8. The van der Waals surface area contributed by atoms with Crippen LogP contribution in [-0.4, -0.2) is 11.6 Å². The molecule has 0 aromatic heterocycles. The van der Waals surface area contributed by atoms with Crippen molar-refractivity contribution in [2.45, 2.75) is 162 Å². The molecule has 5 fully saturated rings. The summed E-state index contributed by atoms with van der Waals surface area (Å²) in [6.07, 6.45) is 29.2. The van der Waals surface area contributed by atoms with Gasteiger partial charge in [-0.3, -0.25) is 9.59 Å². The number of ketones is 2. The van der Waals surface area contributed by atoms with Gasteiger partial charge in [0.25, 0.3) is 0 Å². The lowest BCUT2D eigenvalue weighted by atomic mass is 9.41. The van der Waals surface area contributed by atoms with Crippen molar-refractivity contribution in [1.29, 1.82) is 0 Å². The van der Waals surface area contributed by atoms with Crippen LogP contribution >= 0.6 is 0 Å². The fourth-order valence-electron chi connectivity index (χ4n) is 10.2. The Morgan fingerprint density at radius 3 is 1.35 bits per heavy atom. The number of Topliss-reactive ketones (excluding diaryl/α,β-unsaturated/α-hetero) is 2. The monoisotopic (exact) mass is 510 g/mol. The molecule has 0 atom stereocenters. The summed E-state index contributed by atoms with van der Waals surface area (Å²) < 4.78 is 0. The molecule has 0 aliphatic heterocycles. The summed E-state index contributed by atoms with van der Waals surface area (Å²) in [5.41, 5.74) is -1.09. The molecule has 2 nitrogen and oxygen atoms in total. The van der Waals surface area contributed by atoms with E-state index in [0.717, 1.165) is 86.9 Å². The van der Waals surface area contributed by atoms with Crippen LogP contribution in [0.4, 0.5) is 0 Å². The Balaban J connectivity index is 1.04. The van der Waals surface area contributed by atoms with E-state index in [1.54, 1.807) is 0 Å². The predicted octanol–water partition coefficient (Wildman–Crippen LogP) is 9.87. The summed E-state index contributed by atoms with van der Waals surface area (Å²) in [5, 5.41) is 0. The van der Waals surface area contributed by atoms with Crippen LogP contribution in [0.25, 0.3) is 0 Å². The van der Waals surface area contributed by atoms with Gasteiger partial charge in [0.1, 0.15) is 0 Å². The first kappa shape index (κ1) is 27.9. The van der Waals surface area contributed by atoms with Crippen LogP contribution in [0.2, 0.25) is 0 Å². The molecular formula is C35H58O2. The summed E-state index contributed by atoms with van der Waals surface area (Å²) >= 11 is 0. The van der Waals surface area contributed by atoms with Crippen molar-refractivity contribution in [1.82, 2.24) is 0 Å². The van der Waals surface area contributed by atoms with Crippen LogP contribution in [0.5, 0.6) is 0 Å². The average molecular weight is 511 g/mol. The Morgan fingerprint density at radius 2 is 0.919 bits per heavy atom. The Bertz CT molecular complexity index is 730. The van der Waals surface area contributed by atoms with E-state index < -0.39 is 10.8 Å². The molecule has 37 heavy (non-hydrogen) atoms. The van der Waals surface area contributed by atoms with Gasteiger partial charge in [0.15, 0.2) is 11.6 Å². The van der Waals surface area contributed by atoms with Crippen molar-refractivity contribution >= 4 is 11.6 Å². The molecule has 0 unspecified atom stereocenters. The van der Waals surface area contributed by atoms with Crippen molar-refractivity contribution in [3.05, 3.63) is 0 Å². The second-order valence-electron chi connectivity index (χ2n) is 14.7. The van der Waals surface area contributed by atoms with Gasteiger partial charge >= 0.3 is 0 Å². The number of unbranched alkanes of at least 4 members (excludes halogenated alkanes) is 4. The van der Waals surface area contributed by atoms with Crippen molar-refractivity contribution < 1.29 is 9.59 Å². The molecule has 0 saturated heterocycles. The van der Waals surface area contributed by atoms with Gasteiger partial charge in [0.2, 0.25) is 0 Å². The molecule has 5 aliphatic rings. The second kappa shape index (κ2) is 12.2. The second-order valence-corrected chi connectivity index (χ2v) is 14.7. The molecule has 2 heteroatoms. The average Bonchev–Trinajstić information content (AvgIpc) is 2.97. The lowest BCUT2D eigenvalue weighted by molar-refractivity contribution is -0.179. The highest BCUT2D eigenvalue weighted by Gasteiger charge is 2.71. The highest BCUT2D eigenvalue weighted by Crippen LogP contribution is 2.63. The zero-order valence-corrected chi connectivity index (χ0v) is 24.5. The van der Waals surface area contributed by atoms with E-state index in [9.17, 15) is 9.59 Å². The highest BCUT2D eigenvalue weighted by atomic mass is 16.2. The largest absolute Gasteiger partial charge is 0.297 e. The van der Waals surface area contributed by atoms with Gasteiger partial charge in [-0.25, -0.2) is 0 Å². The third-order valence-electron chi connectivity index (χ3n) is 12.9. The Morgan fingerprint density at radius 1 is 0.514 bits per heavy atom. The van der Waals surface area contributed by atoms with Gasteiger partial charge in [-0.15, -0.1) is 0 Å². The quantitative estimate of drug-likeness (QED) is 0.228. The minimum atomic E-state index is -0.543. The minimum Gasteiger partial charge on any atom is -0.297 e. The molecule has 0 aromatic carbocycles. The van der Waals surface area contributed by atoms with Crippen LogP contribution in [0.3, 0.4) is 0 Å². The zero-order chi connectivity index (χ0) is 25.9. The van der Waals surface area contributed by atoms with E-state index in [4.69, 9.17) is 0 Å². The number of carbonyl (C=O) groups is 2. The molecule has 0 N–H and O–H groups in total. The van der Waals surface area contributed by atoms with E-state index in [0.29, 0.717) is 11.6 Å². The number of hydrogen-bond acceptors (Lipinski definition) is 2. The van der Waals surface area contributed by atoms with E-state index in [-0.39, 0.29) is 0 Å². The summed E-state index contributed by atoms with van der Waals surface area (Å²) in [6, 6.07) is 0. The molecule has 2 spiro atoms. The molecule has 0 bridgehead atoms. The summed E-state index contributed by atoms with van der Waals surface area (Å²) in [6.45, 7) is 4.64. The summed E-state index contributed by atoms with van der Waals surface area (Å²) in [4.78, 5) is 27.5. The molecular weight excluding hydrogens is 452 g/mol. The predicted molar refractivity (Wildman–Crippen MR) is 153 cm³/mol. The zero-order valence-electron chi connectivity index (χ0n) is 24.5. The van der Waals surface area contributed by atoms with Crippen molar-refractivity contribution in [2.75, 3.05) is 0 Å². The Kier molecular flexibility index (Phi) is 9.23. The maximum atomic E-state index is 13.8. The van der Waals surface area contributed by atoms with Crippen molar-refractivity contribution in [2.24, 2.45) is 46.3 Å². The molecule has 0 amide bonds. The van der Waals surface area contributed by atoms with Gasteiger partial charge in [0.05, 0.1) is 10.8 Å². The van der Waals surface area contributed by atoms with Crippen molar-refractivity contribution in [3.63, 3.8) is 0 Å². The van der Waals surface area contributed by atoms with Gasteiger partial charge < -0.3 is 0 Å². The molecule has 210 valence electrons. The molecule has 0 aromatic rings. The molecule has 5 saturated carbocycles. The fraction of sp³-hybridized carbons (Fsp3) is 0.943. The van der Waals surface area contributed by atoms with E-state index >= 15 is 0 Å². The lowest BCUT2D eigenvalue weighted by Gasteiger charge is -2.58. The van der Waals surface area contributed by atoms with Gasteiger partial charge in [-0.1, -0.05) is 84.5 Å². The summed E-state index contributed by atoms with van der Waals surface area (Å²) in [5.74, 6) is 6.03. The molecule has 5 rings (SSSR count). The lowest BCUT2D eigenvalue weighted by Crippen LogP contribution is -2.68. The van der Waals surface area contributed by atoms with Crippen LogP contribution in [0.1, 0.15) is 162 Å². The van der Waals surface area contributed by atoms with E-state index in [2.05, 4.69) is 13.8 Å². The smallest absolute Gasteiger partial charge is 0.159 e. The molecule has 0 radical (unpaired) electrons. The van der Waals surface area contributed by atoms with Crippen LogP contribution < -0.4 is 0 Å². The van der Waals surface area contributed by atoms with Gasteiger partial charge in [0, 0.05) is 0 Å². The summed E-state index contributed by atoms with van der Waals surface area (Å²) in [7, 11) is 0.